The molecule has 1 aliphatic rings. The number of hydrogen-bond donors (Lipinski definition) is 3. The number of fused-ring (bicyclic) bond motifs is 3. The van der Waals surface area contributed by atoms with E-state index in [-0.39, 0.29) is 17.1 Å². The lowest BCUT2D eigenvalue weighted by Gasteiger charge is -2.15. The van der Waals surface area contributed by atoms with Gasteiger partial charge in [-0.2, -0.15) is 5.10 Å². The molecule has 5 aromatic rings. The number of aliphatic hydroxyl groups is 1. The number of aryl methyl sites for hydroxylation is 1. The van der Waals surface area contributed by atoms with Gasteiger partial charge in [-0.25, -0.2) is 17.8 Å². The minimum atomic E-state index is -3.40. The highest BCUT2D eigenvalue weighted by atomic mass is 32.2. The predicted octanol–water partition coefficient (Wildman–Crippen LogP) is 2.21. The Bertz CT molecular complexity index is 1800. The number of aromatic nitrogens is 5. The van der Waals surface area contributed by atoms with Gasteiger partial charge in [0.15, 0.2) is 9.84 Å². The number of sulfone groups is 1. The number of nitrogens with one attached hydrogen (secondary N) is 2. The number of rotatable bonds is 4. The molecule has 0 bridgehead atoms. The van der Waals surface area contributed by atoms with E-state index in [1.165, 1.54) is 12.1 Å². The molecule has 37 heavy (non-hydrogen) atoms. The van der Waals surface area contributed by atoms with Crippen LogP contribution in [-0.2, 0) is 16.9 Å². The van der Waals surface area contributed by atoms with Crippen LogP contribution in [0.5, 0.6) is 0 Å². The molecule has 6 rings (SSSR count). The Balaban J connectivity index is 1.38. The Hall–Kier alpha value is -4.16. The smallest absolute Gasteiger partial charge is 0.251 e. The number of halogens is 1. The molecule has 1 aliphatic heterocycles. The summed E-state index contributed by atoms with van der Waals surface area (Å²) in [6.07, 6.45) is 5.20. The molecule has 188 valence electrons. The van der Waals surface area contributed by atoms with Gasteiger partial charge < -0.3 is 15.4 Å². The molecule has 2 atom stereocenters. The molecule has 1 amide bonds. The summed E-state index contributed by atoms with van der Waals surface area (Å²) in [4.78, 5) is 24.6. The molecule has 1 aromatic carbocycles. The largest absolute Gasteiger partial charge is 0.390 e. The van der Waals surface area contributed by atoms with E-state index in [0.717, 1.165) is 17.1 Å². The number of carbonyl (C=O) groups is 1. The number of aliphatic hydroxyl groups excluding tert-OH is 1. The fourth-order valence-corrected chi connectivity index (χ4v) is 6.48. The van der Waals surface area contributed by atoms with E-state index in [1.807, 2.05) is 19.3 Å². The second-order valence-corrected chi connectivity index (χ2v) is 11.3. The summed E-state index contributed by atoms with van der Waals surface area (Å²) in [5.41, 5.74) is 3.81. The number of amides is 1. The van der Waals surface area contributed by atoms with E-state index in [4.69, 9.17) is 0 Å². The quantitative estimate of drug-likeness (QED) is 0.330. The fourth-order valence-electron chi connectivity index (χ4n) is 4.73. The molecule has 3 N–H and O–H groups in total. The third-order valence-corrected chi connectivity index (χ3v) is 8.25. The first-order valence-electron chi connectivity index (χ1n) is 11.4. The van der Waals surface area contributed by atoms with Gasteiger partial charge in [0.2, 0.25) is 0 Å². The van der Waals surface area contributed by atoms with Crippen LogP contribution in [0.25, 0.3) is 44.3 Å². The van der Waals surface area contributed by atoms with Crippen LogP contribution in [0.15, 0.2) is 55.1 Å². The summed E-state index contributed by atoms with van der Waals surface area (Å²) < 4.78 is 40.3. The van der Waals surface area contributed by atoms with Crippen LogP contribution in [-0.4, -0.2) is 67.8 Å². The van der Waals surface area contributed by atoms with Crippen LogP contribution < -0.4 is 5.32 Å². The molecule has 1 fully saturated rings. The standard InChI is InChI=1S/C25H21FN6O4S/c1-32-10-15(7-29-32)18-6-16-19(9-27-18)30-24-23(16)22(17(26)8-28-24)13-2-4-14(5-3-13)25(34)31-20-11-37(35,36)12-21(20)33/h2-10,20-21,33H,11-12H2,1H3,(H,28,30)(H,31,34)/t20-,21-/m0/s1. The van der Waals surface area contributed by atoms with Gasteiger partial charge in [0.25, 0.3) is 5.91 Å². The van der Waals surface area contributed by atoms with E-state index < -0.39 is 33.7 Å². The Kier molecular flexibility index (Phi) is 5.31. The number of pyridine rings is 2. The first-order chi connectivity index (χ1) is 17.7. The molecule has 0 unspecified atom stereocenters. The average molecular weight is 521 g/mol. The molecule has 0 aliphatic carbocycles. The number of carbonyl (C=O) groups excluding carboxylic acids is 1. The van der Waals surface area contributed by atoms with E-state index in [9.17, 15) is 18.3 Å². The van der Waals surface area contributed by atoms with Gasteiger partial charge in [0.05, 0.1) is 53.5 Å². The molecular weight excluding hydrogens is 499 g/mol. The molecule has 12 heteroatoms. The van der Waals surface area contributed by atoms with Crippen LogP contribution in [0.4, 0.5) is 4.39 Å². The summed E-state index contributed by atoms with van der Waals surface area (Å²) in [5.74, 6) is -1.73. The number of benzene rings is 1. The van der Waals surface area contributed by atoms with Crippen LogP contribution in [0, 0.1) is 5.82 Å². The summed E-state index contributed by atoms with van der Waals surface area (Å²) in [7, 11) is -1.59. The van der Waals surface area contributed by atoms with E-state index >= 15 is 4.39 Å². The highest BCUT2D eigenvalue weighted by molar-refractivity contribution is 7.91. The lowest BCUT2D eigenvalue weighted by Crippen LogP contribution is -2.42. The third-order valence-electron chi connectivity index (χ3n) is 6.53. The minimum absolute atomic E-state index is 0.257. The van der Waals surface area contributed by atoms with Crippen molar-refractivity contribution in [3.63, 3.8) is 0 Å². The van der Waals surface area contributed by atoms with E-state index in [2.05, 4.69) is 25.4 Å². The van der Waals surface area contributed by atoms with Crippen molar-refractivity contribution in [3.05, 3.63) is 66.5 Å². The second kappa shape index (κ2) is 8.46. The van der Waals surface area contributed by atoms with Crippen molar-refractivity contribution in [1.82, 2.24) is 30.0 Å². The van der Waals surface area contributed by atoms with Crippen LogP contribution in [0.2, 0.25) is 0 Å². The van der Waals surface area contributed by atoms with Gasteiger partial charge in [0, 0.05) is 40.7 Å². The lowest BCUT2D eigenvalue weighted by molar-refractivity contribution is 0.0889. The molecule has 1 saturated heterocycles. The average Bonchev–Trinajstić information content (AvgIpc) is 3.53. The molecule has 0 spiro atoms. The summed E-state index contributed by atoms with van der Waals surface area (Å²) in [6.45, 7) is 0. The fraction of sp³-hybridized carbons (Fsp3) is 0.200. The summed E-state index contributed by atoms with van der Waals surface area (Å²) in [5, 5.41) is 18.0. The highest BCUT2D eigenvalue weighted by Gasteiger charge is 2.37. The molecule has 0 radical (unpaired) electrons. The maximum absolute atomic E-state index is 15.2. The van der Waals surface area contributed by atoms with Gasteiger partial charge >= 0.3 is 0 Å². The van der Waals surface area contributed by atoms with Crippen LogP contribution in [0.1, 0.15) is 10.4 Å². The molecule has 4 aromatic heterocycles. The Morgan fingerprint density at radius 3 is 2.59 bits per heavy atom. The van der Waals surface area contributed by atoms with Gasteiger partial charge in [-0.3, -0.25) is 14.5 Å². The van der Waals surface area contributed by atoms with E-state index in [0.29, 0.717) is 33.4 Å². The van der Waals surface area contributed by atoms with Crippen molar-refractivity contribution in [3.8, 4) is 22.4 Å². The zero-order chi connectivity index (χ0) is 25.9. The van der Waals surface area contributed by atoms with Crippen LogP contribution in [0.3, 0.4) is 0 Å². The van der Waals surface area contributed by atoms with Gasteiger partial charge in [-0.15, -0.1) is 0 Å². The first-order valence-corrected chi connectivity index (χ1v) is 13.3. The maximum Gasteiger partial charge on any atom is 0.251 e. The van der Waals surface area contributed by atoms with Crippen molar-refractivity contribution in [2.45, 2.75) is 12.1 Å². The molecular formula is C25H21FN6O4S. The minimum Gasteiger partial charge on any atom is -0.390 e. The topological polar surface area (TPSA) is 143 Å². The number of H-pyrrole nitrogens is 1. The molecule has 10 nitrogen and oxygen atoms in total. The van der Waals surface area contributed by atoms with Crippen molar-refractivity contribution < 1.29 is 22.7 Å². The Labute approximate surface area is 210 Å². The number of nitrogens with zero attached hydrogens (tertiary/aromatic N) is 4. The highest BCUT2D eigenvalue weighted by Crippen LogP contribution is 2.36. The third kappa shape index (κ3) is 4.13. The predicted molar refractivity (Wildman–Crippen MR) is 135 cm³/mol. The van der Waals surface area contributed by atoms with Gasteiger partial charge in [0.1, 0.15) is 11.5 Å². The Morgan fingerprint density at radius 1 is 1.14 bits per heavy atom. The van der Waals surface area contributed by atoms with Gasteiger partial charge in [-0.05, 0) is 23.8 Å². The monoisotopic (exact) mass is 520 g/mol. The van der Waals surface area contributed by atoms with Crippen molar-refractivity contribution in [1.29, 1.82) is 0 Å². The lowest BCUT2D eigenvalue weighted by atomic mass is 9.99. The van der Waals surface area contributed by atoms with E-state index in [1.54, 1.807) is 29.2 Å². The zero-order valence-electron chi connectivity index (χ0n) is 19.5. The maximum atomic E-state index is 15.2. The zero-order valence-corrected chi connectivity index (χ0v) is 20.3. The van der Waals surface area contributed by atoms with Crippen molar-refractivity contribution in [2.24, 2.45) is 7.05 Å². The first kappa shape index (κ1) is 23.3. The van der Waals surface area contributed by atoms with Crippen molar-refractivity contribution in [2.75, 3.05) is 11.5 Å². The number of aromatic amines is 1. The molecule has 0 saturated carbocycles. The molecule has 5 heterocycles. The van der Waals surface area contributed by atoms with Crippen molar-refractivity contribution >= 4 is 37.7 Å². The summed E-state index contributed by atoms with van der Waals surface area (Å²) >= 11 is 0. The second-order valence-electron chi connectivity index (χ2n) is 9.15. The van der Waals surface area contributed by atoms with Crippen LogP contribution >= 0.6 is 0 Å². The number of hydrogen-bond acceptors (Lipinski definition) is 7. The SMILES string of the molecule is Cn1cc(-c2cc3c(cn2)[nH]c2ncc(F)c(-c4ccc(C(=O)N[C@H]5CS(=O)(=O)C[C@@H]5O)cc4)c23)cn1. The Morgan fingerprint density at radius 2 is 1.92 bits per heavy atom. The normalized spacial score (nSPS) is 19.0. The van der Waals surface area contributed by atoms with Gasteiger partial charge in [-0.1, -0.05) is 12.1 Å². The summed E-state index contributed by atoms with van der Waals surface area (Å²) in [6, 6.07) is 7.29.